The van der Waals surface area contributed by atoms with E-state index in [1.54, 1.807) is 0 Å². The van der Waals surface area contributed by atoms with Crippen molar-refractivity contribution < 1.29 is 9.47 Å². The number of ether oxygens (including phenoxy) is 2. The summed E-state index contributed by atoms with van der Waals surface area (Å²) >= 11 is 6.16. The normalized spacial score (nSPS) is 12.3. The molecule has 0 saturated carbocycles. The van der Waals surface area contributed by atoms with Crippen LogP contribution in [0.4, 0.5) is 0 Å². The predicted octanol–water partition coefficient (Wildman–Crippen LogP) is 7.34. The number of aryl methyl sites for hydroxylation is 1. The molecule has 0 amide bonds. The molecule has 1 heterocycles. The summed E-state index contributed by atoms with van der Waals surface area (Å²) in [4.78, 5) is 4.86. The fraction of sp³-hybridized carbons (Fsp3) is 0.296. The van der Waals surface area contributed by atoms with Gasteiger partial charge in [0.05, 0.1) is 17.6 Å². The highest BCUT2D eigenvalue weighted by atomic mass is 35.5. The first-order valence-electron chi connectivity index (χ1n) is 11.0. The minimum absolute atomic E-state index is 0.228. The van der Waals surface area contributed by atoms with Crippen LogP contribution in [0.3, 0.4) is 0 Å². The summed E-state index contributed by atoms with van der Waals surface area (Å²) in [5, 5.41) is 0.732. The highest BCUT2D eigenvalue weighted by Crippen LogP contribution is 2.28. The van der Waals surface area contributed by atoms with Gasteiger partial charge < -0.3 is 14.0 Å². The molecular formula is C27H29ClN2O2. The third kappa shape index (κ3) is 4.91. The van der Waals surface area contributed by atoms with Gasteiger partial charge in [-0.15, -0.1) is 0 Å². The number of fused-ring (bicyclic) bond motifs is 1. The molecule has 32 heavy (non-hydrogen) atoms. The molecule has 4 aromatic rings. The van der Waals surface area contributed by atoms with Crippen LogP contribution in [0.25, 0.3) is 11.0 Å². The molecule has 1 unspecified atom stereocenters. The number of rotatable bonds is 8. The van der Waals surface area contributed by atoms with Gasteiger partial charge in [0.2, 0.25) is 0 Å². The zero-order valence-corrected chi connectivity index (χ0v) is 19.8. The van der Waals surface area contributed by atoms with E-state index in [0.29, 0.717) is 19.1 Å². The first-order chi connectivity index (χ1) is 15.4. The van der Waals surface area contributed by atoms with Crippen LogP contribution in [0.5, 0.6) is 11.5 Å². The van der Waals surface area contributed by atoms with Crippen LogP contribution in [-0.2, 0) is 6.54 Å². The van der Waals surface area contributed by atoms with E-state index >= 15 is 0 Å². The predicted molar refractivity (Wildman–Crippen MR) is 131 cm³/mol. The summed E-state index contributed by atoms with van der Waals surface area (Å²) < 4.78 is 14.5. The van der Waals surface area contributed by atoms with Gasteiger partial charge >= 0.3 is 0 Å². The molecule has 1 atom stereocenters. The van der Waals surface area contributed by atoms with Gasteiger partial charge in [-0.25, -0.2) is 4.98 Å². The molecule has 0 aliphatic rings. The van der Waals surface area contributed by atoms with Crippen molar-refractivity contribution in [3.8, 4) is 11.5 Å². The van der Waals surface area contributed by atoms with E-state index in [0.717, 1.165) is 38.9 Å². The van der Waals surface area contributed by atoms with Gasteiger partial charge in [0, 0.05) is 5.02 Å². The molecule has 0 spiro atoms. The Morgan fingerprint density at radius 2 is 1.66 bits per heavy atom. The number of halogens is 1. The van der Waals surface area contributed by atoms with Gasteiger partial charge in [-0.05, 0) is 73.4 Å². The first-order valence-corrected chi connectivity index (χ1v) is 11.4. The van der Waals surface area contributed by atoms with Crippen LogP contribution in [0.1, 0.15) is 49.7 Å². The van der Waals surface area contributed by atoms with E-state index in [-0.39, 0.29) is 6.10 Å². The van der Waals surface area contributed by atoms with Crippen molar-refractivity contribution >= 4 is 22.6 Å². The smallest absolute Gasteiger partial charge is 0.153 e. The minimum Gasteiger partial charge on any atom is -0.492 e. The van der Waals surface area contributed by atoms with E-state index in [4.69, 9.17) is 26.1 Å². The molecule has 0 fully saturated rings. The van der Waals surface area contributed by atoms with Gasteiger partial charge in [0.15, 0.2) is 11.9 Å². The largest absolute Gasteiger partial charge is 0.492 e. The lowest BCUT2D eigenvalue weighted by Crippen LogP contribution is -2.15. The topological polar surface area (TPSA) is 36.3 Å². The Morgan fingerprint density at radius 3 is 2.38 bits per heavy atom. The maximum absolute atomic E-state index is 6.22. The summed E-state index contributed by atoms with van der Waals surface area (Å²) in [6.07, 6.45) is -0.228. The molecule has 0 aliphatic heterocycles. The molecular weight excluding hydrogens is 420 g/mol. The second-order valence-corrected chi connectivity index (χ2v) is 8.76. The van der Waals surface area contributed by atoms with Crippen molar-refractivity contribution in [2.24, 2.45) is 0 Å². The van der Waals surface area contributed by atoms with E-state index in [1.165, 1.54) is 5.56 Å². The highest BCUT2D eigenvalue weighted by molar-refractivity contribution is 6.31. The lowest BCUT2D eigenvalue weighted by atomic mass is 10.0. The third-order valence-corrected chi connectivity index (χ3v) is 6.04. The number of hydrogen-bond acceptors (Lipinski definition) is 3. The number of para-hydroxylation sites is 2. The number of nitrogens with zero attached hydrogens (tertiary/aromatic N) is 2. The Kier molecular flexibility index (Phi) is 6.71. The van der Waals surface area contributed by atoms with Crippen molar-refractivity contribution in [1.29, 1.82) is 0 Å². The van der Waals surface area contributed by atoms with Crippen molar-refractivity contribution in [2.45, 2.75) is 46.3 Å². The number of hydrogen-bond donors (Lipinski definition) is 0. The summed E-state index contributed by atoms with van der Waals surface area (Å²) in [5.41, 5.74) is 4.32. The lowest BCUT2D eigenvalue weighted by molar-refractivity contribution is 0.207. The van der Waals surface area contributed by atoms with Gasteiger partial charge in [-0.3, -0.25) is 0 Å². The minimum atomic E-state index is -0.228. The van der Waals surface area contributed by atoms with Crippen molar-refractivity contribution in [3.63, 3.8) is 0 Å². The maximum Gasteiger partial charge on any atom is 0.153 e. The zero-order chi connectivity index (χ0) is 22.7. The fourth-order valence-electron chi connectivity index (χ4n) is 3.79. The molecule has 0 aliphatic carbocycles. The number of aromatic nitrogens is 2. The van der Waals surface area contributed by atoms with E-state index < -0.39 is 0 Å². The fourth-order valence-corrected chi connectivity index (χ4v) is 3.91. The Morgan fingerprint density at radius 1 is 0.938 bits per heavy atom. The summed E-state index contributed by atoms with van der Waals surface area (Å²) in [7, 11) is 0. The third-order valence-electron chi connectivity index (χ3n) is 5.62. The summed E-state index contributed by atoms with van der Waals surface area (Å²) in [6, 6.07) is 22.2. The highest BCUT2D eigenvalue weighted by Gasteiger charge is 2.18. The first kappa shape index (κ1) is 22.2. The monoisotopic (exact) mass is 448 g/mol. The molecule has 4 rings (SSSR count). The molecule has 0 bridgehead atoms. The van der Waals surface area contributed by atoms with Gasteiger partial charge in [0.1, 0.15) is 18.1 Å². The summed E-state index contributed by atoms with van der Waals surface area (Å²) in [5.74, 6) is 3.04. The van der Waals surface area contributed by atoms with Crippen LogP contribution in [-0.4, -0.2) is 16.2 Å². The van der Waals surface area contributed by atoms with Crippen LogP contribution in [0.15, 0.2) is 66.7 Å². The second kappa shape index (κ2) is 9.66. The Bertz CT molecular complexity index is 1200. The Balaban J connectivity index is 1.52. The van der Waals surface area contributed by atoms with Gasteiger partial charge in [-0.1, -0.05) is 49.7 Å². The Labute approximate surface area is 194 Å². The number of imidazole rings is 1. The molecule has 0 radical (unpaired) electrons. The SMILES string of the molecule is Cc1cc(OC(C)c2nc3ccccc3n2CCOc2ccc(C(C)C)cc2)ccc1Cl. The second-order valence-electron chi connectivity index (χ2n) is 8.35. The average molecular weight is 449 g/mol. The number of benzene rings is 3. The van der Waals surface area contributed by atoms with Gasteiger partial charge in [-0.2, -0.15) is 0 Å². The molecule has 0 N–H and O–H groups in total. The molecule has 3 aromatic carbocycles. The van der Waals surface area contributed by atoms with Crippen molar-refractivity contribution in [1.82, 2.24) is 9.55 Å². The van der Waals surface area contributed by atoms with E-state index in [9.17, 15) is 0 Å². The molecule has 5 heteroatoms. The van der Waals surface area contributed by atoms with Crippen LogP contribution in [0, 0.1) is 6.92 Å². The Hall–Kier alpha value is -2.98. The van der Waals surface area contributed by atoms with Crippen LogP contribution >= 0.6 is 11.6 Å². The summed E-state index contributed by atoms with van der Waals surface area (Å²) in [6.45, 7) is 9.59. The molecule has 1 aromatic heterocycles. The van der Waals surface area contributed by atoms with Crippen LogP contribution < -0.4 is 9.47 Å². The van der Waals surface area contributed by atoms with Crippen molar-refractivity contribution in [3.05, 3.63) is 88.7 Å². The standard InChI is InChI=1S/C27H29ClN2O2/c1-18(2)21-9-11-22(12-10-21)31-16-15-30-26-8-6-5-7-25(26)29-27(30)20(4)32-23-13-14-24(28)19(3)17-23/h5-14,17-18,20H,15-16H2,1-4H3. The molecule has 4 nitrogen and oxygen atoms in total. The molecule has 0 saturated heterocycles. The maximum atomic E-state index is 6.22. The van der Waals surface area contributed by atoms with Gasteiger partial charge in [0.25, 0.3) is 0 Å². The zero-order valence-electron chi connectivity index (χ0n) is 19.0. The van der Waals surface area contributed by atoms with Crippen LogP contribution in [0.2, 0.25) is 5.02 Å². The van der Waals surface area contributed by atoms with E-state index in [2.05, 4.69) is 36.6 Å². The van der Waals surface area contributed by atoms with Crippen molar-refractivity contribution in [2.75, 3.05) is 6.61 Å². The molecule has 166 valence electrons. The lowest BCUT2D eigenvalue weighted by Gasteiger charge is -2.17. The quantitative estimate of drug-likeness (QED) is 0.283. The van der Waals surface area contributed by atoms with E-state index in [1.807, 2.05) is 62.4 Å². The average Bonchev–Trinajstić information content (AvgIpc) is 3.15.